The summed E-state index contributed by atoms with van der Waals surface area (Å²) in [6.07, 6.45) is 3.82. The second-order valence-corrected chi connectivity index (χ2v) is 7.26. The summed E-state index contributed by atoms with van der Waals surface area (Å²) in [7, 11) is 0. The molecule has 1 spiro atoms. The number of aryl methyl sites for hydroxylation is 1. The van der Waals surface area contributed by atoms with E-state index in [1.807, 2.05) is 0 Å². The second-order valence-electron chi connectivity index (χ2n) is 6.40. The fraction of sp³-hybridized carbons (Fsp3) is 0.625. The lowest BCUT2D eigenvalue weighted by molar-refractivity contribution is -0.145. The van der Waals surface area contributed by atoms with Crippen LogP contribution in [0, 0.1) is 6.92 Å². The van der Waals surface area contributed by atoms with Crippen LogP contribution in [0.2, 0.25) is 0 Å². The van der Waals surface area contributed by atoms with Crippen LogP contribution in [0.5, 0.6) is 0 Å². The molecule has 118 valence electrons. The highest BCUT2D eigenvalue weighted by molar-refractivity contribution is 7.17. The van der Waals surface area contributed by atoms with Crippen molar-refractivity contribution in [2.45, 2.75) is 38.4 Å². The Morgan fingerprint density at radius 3 is 2.95 bits per heavy atom. The molecule has 2 aliphatic heterocycles. The first kappa shape index (κ1) is 14.4. The standard InChI is InChI=1S/C16H21N3O2S/c1-11-8-22-15-13(11)14(17-10-18-15)19-7-12(2)21-16(9-19)3-5-20-6-4-16/h8,10,12H,3-7,9H2,1-2H3. The van der Waals surface area contributed by atoms with E-state index < -0.39 is 0 Å². The van der Waals surface area contributed by atoms with Crippen molar-refractivity contribution in [3.8, 4) is 0 Å². The molecule has 0 aromatic carbocycles. The molecule has 1 atom stereocenters. The average molecular weight is 319 g/mol. The third-order valence-corrected chi connectivity index (χ3v) is 5.65. The fourth-order valence-corrected chi connectivity index (χ4v) is 4.53. The first-order valence-electron chi connectivity index (χ1n) is 7.86. The Balaban J connectivity index is 1.72. The van der Waals surface area contributed by atoms with Gasteiger partial charge in [0.25, 0.3) is 0 Å². The molecule has 0 radical (unpaired) electrons. The number of hydrogen-bond donors (Lipinski definition) is 0. The highest BCUT2D eigenvalue weighted by Gasteiger charge is 2.41. The SMILES string of the molecule is Cc1csc2ncnc(N3CC(C)OC4(CCOCC4)C3)c12. The van der Waals surface area contributed by atoms with Gasteiger partial charge >= 0.3 is 0 Å². The molecular weight excluding hydrogens is 298 g/mol. The topological polar surface area (TPSA) is 47.5 Å². The van der Waals surface area contributed by atoms with Gasteiger partial charge in [-0.2, -0.15) is 0 Å². The lowest BCUT2D eigenvalue weighted by Crippen LogP contribution is -2.57. The zero-order valence-corrected chi connectivity index (χ0v) is 13.9. The highest BCUT2D eigenvalue weighted by Crippen LogP contribution is 2.37. The third-order valence-electron chi connectivity index (χ3n) is 4.65. The van der Waals surface area contributed by atoms with Crippen molar-refractivity contribution in [3.63, 3.8) is 0 Å². The van der Waals surface area contributed by atoms with E-state index in [2.05, 4.69) is 34.1 Å². The van der Waals surface area contributed by atoms with E-state index in [1.165, 1.54) is 10.9 Å². The molecule has 6 heteroatoms. The molecule has 2 aromatic rings. The number of anilines is 1. The summed E-state index contributed by atoms with van der Waals surface area (Å²) in [4.78, 5) is 12.5. The van der Waals surface area contributed by atoms with Crippen LogP contribution >= 0.6 is 11.3 Å². The van der Waals surface area contributed by atoms with Crippen molar-refractivity contribution < 1.29 is 9.47 Å². The van der Waals surface area contributed by atoms with Crippen LogP contribution in [0.1, 0.15) is 25.3 Å². The van der Waals surface area contributed by atoms with Gasteiger partial charge in [-0.15, -0.1) is 11.3 Å². The summed E-state index contributed by atoms with van der Waals surface area (Å²) in [6.45, 7) is 7.64. The number of hydrogen-bond acceptors (Lipinski definition) is 6. The van der Waals surface area contributed by atoms with E-state index in [-0.39, 0.29) is 11.7 Å². The fourth-order valence-electron chi connectivity index (χ4n) is 3.64. The van der Waals surface area contributed by atoms with Crippen LogP contribution in [-0.4, -0.2) is 48.0 Å². The molecule has 0 N–H and O–H groups in total. The third kappa shape index (κ3) is 2.39. The van der Waals surface area contributed by atoms with Gasteiger partial charge in [-0.1, -0.05) is 0 Å². The monoisotopic (exact) mass is 319 g/mol. The van der Waals surface area contributed by atoms with Gasteiger partial charge in [-0.3, -0.25) is 0 Å². The van der Waals surface area contributed by atoms with Crippen molar-refractivity contribution in [2.24, 2.45) is 0 Å². The highest BCUT2D eigenvalue weighted by atomic mass is 32.1. The maximum absolute atomic E-state index is 6.33. The number of nitrogens with zero attached hydrogens (tertiary/aromatic N) is 3. The van der Waals surface area contributed by atoms with E-state index in [4.69, 9.17) is 9.47 Å². The van der Waals surface area contributed by atoms with Gasteiger partial charge in [0.05, 0.1) is 17.1 Å². The maximum atomic E-state index is 6.33. The van der Waals surface area contributed by atoms with Crippen LogP contribution in [-0.2, 0) is 9.47 Å². The zero-order valence-electron chi connectivity index (χ0n) is 13.0. The number of ether oxygens (including phenoxy) is 2. The van der Waals surface area contributed by atoms with Crippen LogP contribution in [0.4, 0.5) is 5.82 Å². The minimum absolute atomic E-state index is 0.0862. The molecule has 4 rings (SSSR count). The van der Waals surface area contributed by atoms with Crippen LogP contribution < -0.4 is 4.90 Å². The summed E-state index contributed by atoms with van der Waals surface area (Å²) in [6, 6.07) is 0. The quantitative estimate of drug-likeness (QED) is 0.809. The number of fused-ring (bicyclic) bond motifs is 1. The van der Waals surface area contributed by atoms with E-state index in [0.29, 0.717) is 0 Å². The first-order chi connectivity index (χ1) is 10.7. The summed E-state index contributed by atoms with van der Waals surface area (Å²) in [5.74, 6) is 1.06. The Labute approximate surface area is 134 Å². The van der Waals surface area contributed by atoms with E-state index >= 15 is 0 Å². The minimum Gasteiger partial charge on any atom is -0.381 e. The molecule has 22 heavy (non-hydrogen) atoms. The first-order valence-corrected chi connectivity index (χ1v) is 8.74. The van der Waals surface area contributed by atoms with Crippen LogP contribution in [0.15, 0.2) is 11.7 Å². The summed E-state index contributed by atoms with van der Waals surface area (Å²) >= 11 is 1.69. The zero-order chi connectivity index (χ0) is 15.2. The largest absolute Gasteiger partial charge is 0.381 e. The van der Waals surface area contributed by atoms with Gasteiger partial charge in [-0.05, 0) is 24.8 Å². The number of thiophene rings is 1. The molecular formula is C16H21N3O2S. The second kappa shape index (κ2) is 5.44. The lowest BCUT2D eigenvalue weighted by Gasteiger charge is -2.47. The Kier molecular flexibility index (Phi) is 3.55. The van der Waals surface area contributed by atoms with Crippen molar-refractivity contribution in [1.29, 1.82) is 0 Å². The Bertz CT molecular complexity index is 681. The predicted molar refractivity (Wildman–Crippen MR) is 87.7 cm³/mol. The van der Waals surface area contributed by atoms with Gasteiger partial charge in [0.1, 0.15) is 17.0 Å². The average Bonchev–Trinajstić information content (AvgIpc) is 2.89. The molecule has 1 unspecified atom stereocenters. The molecule has 4 heterocycles. The van der Waals surface area contributed by atoms with Crippen LogP contribution in [0.3, 0.4) is 0 Å². The van der Waals surface area contributed by atoms with E-state index in [0.717, 1.165) is 49.8 Å². The molecule has 0 bridgehead atoms. The maximum Gasteiger partial charge on any atom is 0.141 e. The van der Waals surface area contributed by atoms with Gasteiger partial charge in [0.15, 0.2) is 0 Å². The van der Waals surface area contributed by atoms with Crippen molar-refractivity contribution in [1.82, 2.24) is 9.97 Å². The Hall–Kier alpha value is -1.24. The summed E-state index contributed by atoms with van der Waals surface area (Å²) < 4.78 is 11.9. The van der Waals surface area contributed by atoms with Crippen molar-refractivity contribution in [3.05, 3.63) is 17.3 Å². The minimum atomic E-state index is -0.0862. The number of morpholine rings is 1. The molecule has 5 nitrogen and oxygen atoms in total. The van der Waals surface area contributed by atoms with Crippen molar-refractivity contribution >= 4 is 27.4 Å². The van der Waals surface area contributed by atoms with Gasteiger partial charge in [0, 0.05) is 39.1 Å². The summed E-state index contributed by atoms with van der Waals surface area (Å²) in [5.41, 5.74) is 1.17. The van der Waals surface area contributed by atoms with E-state index in [9.17, 15) is 0 Å². The molecule has 2 saturated heterocycles. The lowest BCUT2D eigenvalue weighted by atomic mass is 9.91. The van der Waals surface area contributed by atoms with E-state index in [1.54, 1.807) is 17.7 Å². The predicted octanol–water partition coefficient (Wildman–Crippen LogP) is 2.77. The molecule has 0 amide bonds. The molecule has 2 aromatic heterocycles. The number of aromatic nitrogens is 2. The van der Waals surface area contributed by atoms with Crippen molar-refractivity contribution in [2.75, 3.05) is 31.2 Å². The summed E-state index contributed by atoms with van der Waals surface area (Å²) in [5, 5.41) is 3.36. The normalized spacial score (nSPS) is 25.0. The Morgan fingerprint density at radius 1 is 1.32 bits per heavy atom. The molecule has 2 aliphatic rings. The Morgan fingerprint density at radius 2 is 2.14 bits per heavy atom. The smallest absolute Gasteiger partial charge is 0.141 e. The van der Waals surface area contributed by atoms with Gasteiger partial charge in [0.2, 0.25) is 0 Å². The number of rotatable bonds is 1. The van der Waals surface area contributed by atoms with Gasteiger partial charge < -0.3 is 14.4 Å². The molecule has 0 aliphatic carbocycles. The van der Waals surface area contributed by atoms with Crippen LogP contribution in [0.25, 0.3) is 10.2 Å². The molecule has 0 saturated carbocycles. The van der Waals surface area contributed by atoms with Gasteiger partial charge in [-0.25, -0.2) is 9.97 Å². The molecule has 2 fully saturated rings.